The summed E-state index contributed by atoms with van der Waals surface area (Å²) in [6, 6.07) is 6.20. The van der Waals surface area contributed by atoms with Gasteiger partial charge in [-0.1, -0.05) is 13.0 Å². The number of hydrogen-bond acceptors (Lipinski definition) is 3. The minimum absolute atomic E-state index is 0.100. The third-order valence-corrected chi connectivity index (χ3v) is 6.34. The maximum Gasteiger partial charge on any atom is 0.241 e. The molecule has 20 heavy (non-hydrogen) atoms. The van der Waals surface area contributed by atoms with Crippen LogP contribution in [0.4, 0.5) is 0 Å². The molecule has 1 aromatic rings. The van der Waals surface area contributed by atoms with E-state index in [9.17, 15) is 8.42 Å². The van der Waals surface area contributed by atoms with Crippen molar-refractivity contribution in [3.8, 4) is 0 Å². The molecule has 0 spiro atoms. The fourth-order valence-electron chi connectivity index (χ4n) is 2.17. The Hall–Kier alpha value is -0.430. The average Bonchev–Trinajstić information content (AvgIpc) is 3.26. The van der Waals surface area contributed by atoms with Gasteiger partial charge in [-0.05, 0) is 58.8 Å². The van der Waals surface area contributed by atoms with E-state index in [0.717, 1.165) is 18.5 Å². The summed E-state index contributed by atoms with van der Waals surface area (Å²) in [5.41, 5.74) is 1.10. The molecule has 2 atom stereocenters. The minimum atomic E-state index is -3.41. The fourth-order valence-corrected chi connectivity index (χ4v) is 4.65. The van der Waals surface area contributed by atoms with E-state index in [1.807, 2.05) is 12.1 Å². The molecule has 2 saturated carbocycles. The SMILES string of the molecule is CC1CC1NS(=O)(=O)c1ccc(CNC2CC2)cc1Br. The molecule has 2 aliphatic carbocycles. The number of nitrogens with one attached hydrogen (secondary N) is 2. The molecule has 110 valence electrons. The molecular weight excluding hydrogens is 340 g/mol. The van der Waals surface area contributed by atoms with E-state index in [4.69, 9.17) is 0 Å². The highest BCUT2D eigenvalue weighted by atomic mass is 79.9. The third-order valence-electron chi connectivity index (χ3n) is 3.87. The van der Waals surface area contributed by atoms with Gasteiger partial charge in [0.15, 0.2) is 0 Å². The average molecular weight is 359 g/mol. The molecular formula is C14H19BrN2O2S. The number of sulfonamides is 1. The molecule has 2 aliphatic rings. The van der Waals surface area contributed by atoms with Gasteiger partial charge in [0.2, 0.25) is 10.0 Å². The van der Waals surface area contributed by atoms with Crippen LogP contribution in [0.2, 0.25) is 0 Å². The van der Waals surface area contributed by atoms with Gasteiger partial charge in [0.1, 0.15) is 0 Å². The Morgan fingerprint density at radius 2 is 2.05 bits per heavy atom. The Kier molecular flexibility index (Phi) is 3.92. The molecule has 2 N–H and O–H groups in total. The van der Waals surface area contributed by atoms with E-state index in [-0.39, 0.29) is 6.04 Å². The van der Waals surface area contributed by atoms with Gasteiger partial charge in [0.05, 0.1) is 4.90 Å². The predicted octanol–water partition coefficient (Wildman–Crippen LogP) is 2.39. The van der Waals surface area contributed by atoms with Crippen molar-refractivity contribution in [2.45, 2.75) is 49.7 Å². The Balaban J connectivity index is 1.72. The van der Waals surface area contributed by atoms with Crippen molar-refractivity contribution in [1.29, 1.82) is 0 Å². The largest absolute Gasteiger partial charge is 0.310 e. The summed E-state index contributed by atoms with van der Waals surface area (Å²) >= 11 is 3.38. The maximum absolute atomic E-state index is 12.3. The number of halogens is 1. The summed E-state index contributed by atoms with van der Waals surface area (Å²) in [6.07, 6.45) is 3.43. The molecule has 2 unspecified atom stereocenters. The third kappa shape index (κ3) is 3.42. The summed E-state index contributed by atoms with van der Waals surface area (Å²) in [5.74, 6) is 0.450. The molecule has 4 nitrogen and oxygen atoms in total. The molecule has 0 bridgehead atoms. The van der Waals surface area contributed by atoms with Gasteiger partial charge in [-0.3, -0.25) is 0 Å². The van der Waals surface area contributed by atoms with Gasteiger partial charge in [-0.25, -0.2) is 13.1 Å². The zero-order valence-corrected chi connectivity index (χ0v) is 13.8. The Bertz CT molecular complexity index is 614. The first-order valence-corrected chi connectivity index (χ1v) is 9.27. The first-order chi connectivity index (χ1) is 9.45. The highest BCUT2D eigenvalue weighted by Gasteiger charge is 2.36. The topological polar surface area (TPSA) is 58.2 Å². The molecule has 0 radical (unpaired) electrons. The second kappa shape index (κ2) is 5.40. The molecule has 0 heterocycles. The van der Waals surface area contributed by atoms with E-state index in [0.29, 0.717) is 21.3 Å². The van der Waals surface area contributed by atoms with E-state index < -0.39 is 10.0 Å². The normalized spacial score (nSPS) is 25.7. The fraction of sp³-hybridized carbons (Fsp3) is 0.571. The van der Waals surface area contributed by atoms with Gasteiger partial charge in [0, 0.05) is 23.1 Å². The summed E-state index contributed by atoms with van der Waals surface area (Å²) in [7, 11) is -3.41. The van der Waals surface area contributed by atoms with E-state index in [2.05, 4.69) is 32.9 Å². The van der Waals surface area contributed by atoms with Crippen LogP contribution in [0.15, 0.2) is 27.6 Å². The van der Waals surface area contributed by atoms with Crippen molar-refractivity contribution in [1.82, 2.24) is 10.0 Å². The Morgan fingerprint density at radius 3 is 2.60 bits per heavy atom. The van der Waals surface area contributed by atoms with Crippen molar-refractivity contribution in [2.24, 2.45) is 5.92 Å². The Morgan fingerprint density at radius 1 is 1.35 bits per heavy atom. The van der Waals surface area contributed by atoms with Crippen molar-refractivity contribution in [3.63, 3.8) is 0 Å². The monoisotopic (exact) mass is 358 g/mol. The molecule has 3 rings (SSSR count). The van der Waals surface area contributed by atoms with Gasteiger partial charge in [-0.2, -0.15) is 0 Å². The second-order valence-corrected chi connectivity index (χ2v) is 8.40. The van der Waals surface area contributed by atoms with Crippen LogP contribution >= 0.6 is 15.9 Å². The van der Waals surface area contributed by atoms with Crippen LogP contribution in [0.1, 0.15) is 31.7 Å². The van der Waals surface area contributed by atoms with Crippen LogP contribution in [0, 0.1) is 5.92 Å². The first kappa shape index (κ1) is 14.5. The van der Waals surface area contributed by atoms with Gasteiger partial charge in [0.25, 0.3) is 0 Å². The predicted molar refractivity (Wildman–Crippen MR) is 81.9 cm³/mol. The summed E-state index contributed by atoms with van der Waals surface area (Å²) in [5, 5.41) is 3.42. The van der Waals surface area contributed by atoms with Crippen LogP contribution in [0.3, 0.4) is 0 Å². The molecule has 2 fully saturated rings. The van der Waals surface area contributed by atoms with E-state index >= 15 is 0 Å². The minimum Gasteiger partial charge on any atom is -0.310 e. The van der Waals surface area contributed by atoms with Crippen LogP contribution < -0.4 is 10.0 Å². The van der Waals surface area contributed by atoms with Gasteiger partial charge < -0.3 is 5.32 Å². The second-order valence-electron chi connectivity index (χ2n) is 5.86. The molecule has 0 aliphatic heterocycles. The lowest BCUT2D eigenvalue weighted by molar-refractivity contribution is 0.577. The van der Waals surface area contributed by atoms with Gasteiger partial charge in [-0.15, -0.1) is 0 Å². The number of benzene rings is 1. The zero-order chi connectivity index (χ0) is 14.3. The lowest BCUT2D eigenvalue weighted by Gasteiger charge is -2.10. The van der Waals surface area contributed by atoms with Crippen molar-refractivity contribution in [2.75, 3.05) is 0 Å². The molecule has 0 aromatic heterocycles. The van der Waals surface area contributed by atoms with Crippen LogP contribution in [0.5, 0.6) is 0 Å². The van der Waals surface area contributed by atoms with Crippen LogP contribution in [-0.2, 0) is 16.6 Å². The van der Waals surface area contributed by atoms with Crippen LogP contribution in [0.25, 0.3) is 0 Å². The van der Waals surface area contributed by atoms with E-state index in [1.165, 1.54) is 12.8 Å². The summed E-state index contributed by atoms with van der Waals surface area (Å²) in [6.45, 7) is 2.84. The smallest absolute Gasteiger partial charge is 0.241 e. The lowest BCUT2D eigenvalue weighted by atomic mass is 10.2. The molecule has 0 amide bonds. The molecule has 0 saturated heterocycles. The zero-order valence-electron chi connectivity index (χ0n) is 11.4. The summed E-state index contributed by atoms with van der Waals surface area (Å²) < 4.78 is 27.9. The maximum atomic E-state index is 12.3. The number of rotatable bonds is 6. The van der Waals surface area contributed by atoms with Gasteiger partial charge >= 0.3 is 0 Å². The standard InChI is InChI=1S/C14H19BrN2O2S/c1-9-6-13(9)17-20(18,19)14-5-2-10(7-12(14)15)8-16-11-3-4-11/h2,5,7,9,11,13,16-17H,3-4,6,8H2,1H3. The molecule has 1 aromatic carbocycles. The number of hydrogen-bond donors (Lipinski definition) is 2. The summed E-state index contributed by atoms with van der Waals surface area (Å²) in [4.78, 5) is 0.326. The quantitative estimate of drug-likeness (QED) is 0.820. The Labute approximate surface area is 128 Å². The highest BCUT2D eigenvalue weighted by Crippen LogP contribution is 2.32. The highest BCUT2D eigenvalue weighted by molar-refractivity contribution is 9.10. The van der Waals surface area contributed by atoms with Crippen molar-refractivity contribution in [3.05, 3.63) is 28.2 Å². The lowest BCUT2D eigenvalue weighted by Crippen LogP contribution is -2.27. The molecule has 6 heteroatoms. The van der Waals surface area contributed by atoms with Crippen LogP contribution in [-0.4, -0.2) is 20.5 Å². The first-order valence-electron chi connectivity index (χ1n) is 7.00. The van der Waals surface area contributed by atoms with E-state index in [1.54, 1.807) is 6.07 Å². The van der Waals surface area contributed by atoms with Crippen molar-refractivity contribution >= 4 is 26.0 Å². The van der Waals surface area contributed by atoms with Crippen molar-refractivity contribution < 1.29 is 8.42 Å².